The first-order valence-corrected chi connectivity index (χ1v) is 7.60. The highest BCUT2D eigenvalue weighted by atomic mass is 32.1. The van der Waals surface area contributed by atoms with Crippen molar-refractivity contribution in [2.45, 2.75) is 51.2 Å². The Bertz CT molecular complexity index is 295. The number of ether oxygens (including phenoxy) is 1. The molecule has 0 bridgehead atoms. The van der Waals surface area contributed by atoms with Crippen molar-refractivity contribution in [2.24, 2.45) is 0 Å². The Morgan fingerprint density at radius 1 is 1.53 bits per heavy atom. The molecule has 0 aliphatic heterocycles. The summed E-state index contributed by atoms with van der Waals surface area (Å²) in [5.74, 6) is 0. The summed E-state index contributed by atoms with van der Waals surface area (Å²) in [6.45, 7) is 4.20. The first kappa shape index (κ1) is 13.1. The monoisotopic (exact) mass is 253 g/mol. The molecule has 2 nitrogen and oxygen atoms in total. The maximum absolute atomic E-state index is 5.82. The molecule has 1 aromatic rings. The molecular formula is C14H23NOS. The van der Waals surface area contributed by atoms with Crippen molar-refractivity contribution >= 4 is 11.3 Å². The maximum atomic E-state index is 5.82. The lowest BCUT2D eigenvalue weighted by Crippen LogP contribution is -2.19. The van der Waals surface area contributed by atoms with Crippen molar-refractivity contribution in [3.63, 3.8) is 0 Å². The van der Waals surface area contributed by atoms with Crippen molar-refractivity contribution in [1.29, 1.82) is 0 Å². The maximum Gasteiger partial charge on any atom is 0.0547 e. The SMILES string of the molecule is CC(CCCNC1CC1)OCCc1cccs1. The van der Waals surface area contributed by atoms with Crippen LogP contribution in [-0.2, 0) is 11.2 Å². The lowest BCUT2D eigenvalue weighted by atomic mass is 10.2. The third-order valence-electron chi connectivity index (χ3n) is 3.13. The van der Waals surface area contributed by atoms with Gasteiger partial charge in [0.25, 0.3) is 0 Å². The van der Waals surface area contributed by atoms with Crippen LogP contribution in [0.15, 0.2) is 17.5 Å². The molecule has 1 atom stereocenters. The third kappa shape index (κ3) is 5.66. The average molecular weight is 253 g/mol. The Balaban J connectivity index is 1.44. The standard InChI is InChI=1S/C14H23NOS/c1-12(4-2-9-15-13-6-7-13)16-10-8-14-5-3-11-17-14/h3,5,11-13,15H,2,4,6-10H2,1H3. The van der Waals surface area contributed by atoms with E-state index in [2.05, 4.69) is 29.8 Å². The van der Waals surface area contributed by atoms with Crippen LogP contribution < -0.4 is 5.32 Å². The van der Waals surface area contributed by atoms with Crippen LogP contribution in [0.5, 0.6) is 0 Å². The van der Waals surface area contributed by atoms with E-state index in [1.54, 1.807) is 0 Å². The molecule has 0 amide bonds. The Labute approximate surface area is 108 Å². The molecule has 1 N–H and O–H groups in total. The number of rotatable bonds is 9. The Morgan fingerprint density at radius 2 is 2.41 bits per heavy atom. The summed E-state index contributed by atoms with van der Waals surface area (Å²) < 4.78 is 5.82. The van der Waals surface area contributed by atoms with Gasteiger partial charge in [0.05, 0.1) is 12.7 Å². The zero-order valence-electron chi connectivity index (χ0n) is 10.7. The summed E-state index contributed by atoms with van der Waals surface area (Å²) in [6.07, 6.45) is 6.62. The van der Waals surface area contributed by atoms with Gasteiger partial charge in [0.15, 0.2) is 0 Å². The normalized spacial score (nSPS) is 17.2. The lowest BCUT2D eigenvalue weighted by Gasteiger charge is -2.12. The van der Waals surface area contributed by atoms with Crippen LogP contribution in [0.1, 0.15) is 37.5 Å². The Kier molecular flexibility index (Phi) is 5.49. The van der Waals surface area contributed by atoms with Gasteiger partial charge in [-0.2, -0.15) is 0 Å². The predicted octanol–water partition coefficient (Wildman–Crippen LogP) is 3.23. The van der Waals surface area contributed by atoms with Crippen LogP contribution in [0.2, 0.25) is 0 Å². The van der Waals surface area contributed by atoms with E-state index in [0.29, 0.717) is 6.10 Å². The molecule has 1 aliphatic carbocycles. The van der Waals surface area contributed by atoms with E-state index >= 15 is 0 Å². The number of thiophene rings is 1. The molecule has 1 fully saturated rings. The molecule has 17 heavy (non-hydrogen) atoms. The number of hydrogen-bond donors (Lipinski definition) is 1. The summed E-state index contributed by atoms with van der Waals surface area (Å²) in [7, 11) is 0. The highest BCUT2D eigenvalue weighted by molar-refractivity contribution is 7.09. The molecule has 0 aromatic carbocycles. The van der Waals surface area contributed by atoms with E-state index in [4.69, 9.17) is 4.74 Å². The van der Waals surface area contributed by atoms with Gasteiger partial charge >= 0.3 is 0 Å². The van der Waals surface area contributed by atoms with Crippen molar-refractivity contribution in [3.05, 3.63) is 22.4 Å². The summed E-state index contributed by atoms with van der Waals surface area (Å²) in [5.41, 5.74) is 0. The van der Waals surface area contributed by atoms with Gasteiger partial charge in [-0.25, -0.2) is 0 Å². The van der Waals surface area contributed by atoms with Gasteiger partial charge in [-0.15, -0.1) is 11.3 Å². The van der Waals surface area contributed by atoms with Crippen LogP contribution in [0.25, 0.3) is 0 Å². The molecular weight excluding hydrogens is 230 g/mol. The average Bonchev–Trinajstić information content (AvgIpc) is 3.00. The van der Waals surface area contributed by atoms with Crippen LogP contribution in [-0.4, -0.2) is 25.3 Å². The third-order valence-corrected chi connectivity index (χ3v) is 4.06. The highest BCUT2D eigenvalue weighted by Gasteiger charge is 2.19. The van der Waals surface area contributed by atoms with Crippen molar-refractivity contribution in [2.75, 3.05) is 13.2 Å². The van der Waals surface area contributed by atoms with E-state index in [0.717, 1.165) is 25.6 Å². The van der Waals surface area contributed by atoms with E-state index in [-0.39, 0.29) is 0 Å². The number of hydrogen-bond acceptors (Lipinski definition) is 3. The summed E-state index contributed by atoms with van der Waals surface area (Å²) >= 11 is 1.82. The first-order valence-electron chi connectivity index (χ1n) is 6.72. The summed E-state index contributed by atoms with van der Waals surface area (Å²) in [6, 6.07) is 5.12. The quantitative estimate of drug-likeness (QED) is 0.682. The minimum Gasteiger partial charge on any atom is -0.378 e. The van der Waals surface area contributed by atoms with Crippen LogP contribution in [0.3, 0.4) is 0 Å². The smallest absolute Gasteiger partial charge is 0.0547 e. The molecule has 1 unspecified atom stereocenters. The minimum absolute atomic E-state index is 0.399. The van der Waals surface area contributed by atoms with Crippen molar-refractivity contribution in [1.82, 2.24) is 5.32 Å². The summed E-state index contributed by atoms with van der Waals surface area (Å²) in [4.78, 5) is 1.42. The van der Waals surface area contributed by atoms with Crippen LogP contribution in [0, 0.1) is 0 Å². The first-order chi connectivity index (χ1) is 8.34. The molecule has 1 aromatic heterocycles. The highest BCUT2D eigenvalue weighted by Crippen LogP contribution is 2.18. The van der Waals surface area contributed by atoms with E-state index in [1.165, 1.54) is 30.6 Å². The largest absolute Gasteiger partial charge is 0.378 e. The predicted molar refractivity (Wildman–Crippen MR) is 73.7 cm³/mol. The Morgan fingerprint density at radius 3 is 3.12 bits per heavy atom. The summed E-state index contributed by atoms with van der Waals surface area (Å²) in [5, 5.41) is 5.66. The zero-order valence-corrected chi connectivity index (χ0v) is 11.5. The van der Waals surface area contributed by atoms with E-state index < -0.39 is 0 Å². The molecule has 1 heterocycles. The minimum atomic E-state index is 0.399. The van der Waals surface area contributed by atoms with Crippen LogP contribution >= 0.6 is 11.3 Å². The molecule has 2 rings (SSSR count). The van der Waals surface area contributed by atoms with E-state index in [9.17, 15) is 0 Å². The fourth-order valence-corrected chi connectivity index (χ4v) is 2.57. The van der Waals surface area contributed by atoms with Gasteiger partial charge < -0.3 is 10.1 Å². The zero-order chi connectivity index (χ0) is 11.9. The molecule has 96 valence electrons. The molecule has 3 heteroatoms. The van der Waals surface area contributed by atoms with Gasteiger partial charge in [-0.3, -0.25) is 0 Å². The Hall–Kier alpha value is -0.380. The fraction of sp³-hybridized carbons (Fsp3) is 0.714. The van der Waals surface area contributed by atoms with Gasteiger partial charge in [0, 0.05) is 17.3 Å². The molecule has 1 aliphatic rings. The lowest BCUT2D eigenvalue weighted by molar-refractivity contribution is 0.0615. The number of nitrogens with one attached hydrogen (secondary N) is 1. The van der Waals surface area contributed by atoms with Gasteiger partial charge in [-0.05, 0) is 50.6 Å². The molecule has 0 saturated heterocycles. The van der Waals surface area contributed by atoms with Crippen molar-refractivity contribution in [3.8, 4) is 0 Å². The van der Waals surface area contributed by atoms with Gasteiger partial charge in [0.2, 0.25) is 0 Å². The van der Waals surface area contributed by atoms with Gasteiger partial charge in [-0.1, -0.05) is 6.07 Å². The second-order valence-electron chi connectivity index (χ2n) is 4.88. The van der Waals surface area contributed by atoms with Crippen molar-refractivity contribution < 1.29 is 4.74 Å². The topological polar surface area (TPSA) is 21.3 Å². The van der Waals surface area contributed by atoms with E-state index in [1.807, 2.05) is 11.3 Å². The molecule has 1 saturated carbocycles. The van der Waals surface area contributed by atoms with Gasteiger partial charge in [0.1, 0.15) is 0 Å². The second kappa shape index (κ2) is 7.14. The van der Waals surface area contributed by atoms with Crippen LogP contribution in [0.4, 0.5) is 0 Å². The second-order valence-corrected chi connectivity index (χ2v) is 5.91. The molecule has 0 radical (unpaired) electrons. The molecule has 0 spiro atoms. The fourth-order valence-electron chi connectivity index (χ4n) is 1.88.